The van der Waals surface area contributed by atoms with Gasteiger partial charge in [-0.05, 0) is 41.9 Å². The van der Waals surface area contributed by atoms with Crippen molar-refractivity contribution in [2.75, 3.05) is 11.9 Å². The van der Waals surface area contributed by atoms with Crippen LogP contribution in [0.2, 0.25) is 0 Å². The number of hydrogen-bond donors (Lipinski definition) is 2. The summed E-state index contributed by atoms with van der Waals surface area (Å²) < 4.78 is 0. The quantitative estimate of drug-likeness (QED) is 0.760. The molecule has 1 saturated carbocycles. The molecule has 0 atom stereocenters. The van der Waals surface area contributed by atoms with Crippen LogP contribution in [-0.2, 0) is 21.4 Å². The predicted octanol–water partition coefficient (Wildman–Crippen LogP) is 4.06. The number of anilines is 1. The molecule has 0 heterocycles. The molecular weight excluding hydrogens is 336 g/mol. The Morgan fingerprint density at radius 3 is 2.19 bits per heavy atom. The highest BCUT2D eigenvalue weighted by atomic mass is 16.2. The monoisotopic (exact) mass is 364 g/mol. The molecule has 3 rings (SSSR count). The first-order valence-electron chi connectivity index (χ1n) is 9.56. The molecular formula is C23H28N2O2. The van der Waals surface area contributed by atoms with Gasteiger partial charge in [0.15, 0.2) is 0 Å². The Balaban J connectivity index is 1.62. The first kappa shape index (κ1) is 19.2. The minimum Gasteiger partial charge on any atom is -0.355 e. The fraction of sp³-hybridized carbons (Fsp3) is 0.391. The van der Waals surface area contributed by atoms with Crippen LogP contribution in [0.1, 0.15) is 44.7 Å². The zero-order valence-corrected chi connectivity index (χ0v) is 16.3. The summed E-state index contributed by atoms with van der Waals surface area (Å²) in [6, 6.07) is 17.8. The molecule has 1 aliphatic carbocycles. The minimum absolute atomic E-state index is 0.0848. The summed E-state index contributed by atoms with van der Waals surface area (Å²) in [7, 11) is 0. The lowest BCUT2D eigenvalue weighted by Gasteiger charge is -2.24. The lowest BCUT2D eigenvalue weighted by atomic mass is 9.85. The van der Waals surface area contributed by atoms with Gasteiger partial charge < -0.3 is 10.6 Å². The molecule has 4 heteroatoms. The molecule has 0 unspecified atom stereocenters. The van der Waals surface area contributed by atoms with Gasteiger partial charge in [0.25, 0.3) is 0 Å². The van der Waals surface area contributed by atoms with E-state index in [-0.39, 0.29) is 17.2 Å². The molecule has 2 aromatic rings. The number of para-hydroxylation sites is 1. The van der Waals surface area contributed by atoms with E-state index in [9.17, 15) is 9.59 Å². The number of nitrogens with one attached hydrogen (secondary N) is 2. The summed E-state index contributed by atoms with van der Waals surface area (Å²) in [5, 5.41) is 5.95. The van der Waals surface area contributed by atoms with Crippen molar-refractivity contribution in [1.82, 2.24) is 5.32 Å². The van der Waals surface area contributed by atoms with Gasteiger partial charge in [0.05, 0.1) is 0 Å². The maximum absolute atomic E-state index is 12.9. The summed E-state index contributed by atoms with van der Waals surface area (Å²) in [5.74, 6) is -0.361. The maximum Gasteiger partial charge on any atom is 0.240 e. The van der Waals surface area contributed by atoms with E-state index < -0.39 is 5.41 Å². The van der Waals surface area contributed by atoms with Crippen LogP contribution in [0.3, 0.4) is 0 Å². The molecule has 0 spiro atoms. The van der Waals surface area contributed by atoms with Crippen LogP contribution in [0.5, 0.6) is 0 Å². The fourth-order valence-electron chi connectivity index (χ4n) is 3.30. The Morgan fingerprint density at radius 2 is 1.56 bits per heavy atom. The Labute approximate surface area is 161 Å². The van der Waals surface area contributed by atoms with Gasteiger partial charge in [-0.2, -0.15) is 0 Å². The van der Waals surface area contributed by atoms with Crippen LogP contribution in [0.15, 0.2) is 54.6 Å². The number of carbonyl (C=O) groups is 2. The maximum atomic E-state index is 12.9. The van der Waals surface area contributed by atoms with Gasteiger partial charge in [-0.25, -0.2) is 0 Å². The van der Waals surface area contributed by atoms with E-state index in [1.54, 1.807) is 0 Å². The molecule has 142 valence electrons. The van der Waals surface area contributed by atoms with Gasteiger partial charge in [0.2, 0.25) is 11.8 Å². The van der Waals surface area contributed by atoms with Crippen LogP contribution in [-0.4, -0.2) is 18.4 Å². The van der Waals surface area contributed by atoms with Crippen molar-refractivity contribution in [3.8, 4) is 0 Å². The molecule has 2 aromatic carbocycles. The second kappa shape index (κ2) is 7.55. The Hall–Kier alpha value is -2.62. The summed E-state index contributed by atoms with van der Waals surface area (Å²) in [6.07, 6.45) is 1.97. The van der Waals surface area contributed by atoms with Crippen molar-refractivity contribution in [2.24, 2.45) is 5.41 Å². The van der Waals surface area contributed by atoms with Crippen molar-refractivity contribution < 1.29 is 9.59 Å². The number of amides is 2. The van der Waals surface area contributed by atoms with E-state index in [2.05, 4.69) is 31.4 Å². The highest BCUT2D eigenvalue weighted by Gasteiger charge is 2.56. The van der Waals surface area contributed by atoms with Gasteiger partial charge in [-0.1, -0.05) is 69.3 Å². The average molecular weight is 364 g/mol. The minimum atomic E-state index is -0.915. The fourth-order valence-corrected chi connectivity index (χ4v) is 3.30. The van der Waals surface area contributed by atoms with Crippen LogP contribution in [0, 0.1) is 5.41 Å². The summed E-state index contributed by atoms with van der Waals surface area (Å²) in [5.41, 5.74) is 2.03. The smallest absolute Gasteiger partial charge is 0.240 e. The molecule has 0 bridgehead atoms. The van der Waals surface area contributed by atoms with E-state index in [1.807, 2.05) is 54.6 Å². The molecule has 1 fully saturated rings. The Bertz CT molecular complexity index is 818. The lowest BCUT2D eigenvalue weighted by molar-refractivity contribution is -0.134. The Morgan fingerprint density at radius 1 is 0.926 bits per heavy atom. The summed E-state index contributed by atoms with van der Waals surface area (Å²) in [4.78, 5) is 25.5. The molecule has 2 amide bonds. The lowest BCUT2D eigenvalue weighted by Crippen LogP contribution is -2.41. The summed E-state index contributed by atoms with van der Waals surface area (Å²) in [6.45, 7) is 6.87. The third-order valence-electron chi connectivity index (χ3n) is 5.14. The van der Waals surface area contributed by atoms with Crippen molar-refractivity contribution in [1.29, 1.82) is 0 Å². The average Bonchev–Trinajstić information content (AvgIpc) is 3.44. The van der Waals surface area contributed by atoms with Gasteiger partial charge in [-0.15, -0.1) is 0 Å². The SMILES string of the molecule is CC(C)(C)c1ccccc1NC(=O)C1(C(=O)NCCc2ccccc2)CC1. The number of hydrogen-bond acceptors (Lipinski definition) is 2. The van der Waals surface area contributed by atoms with E-state index >= 15 is 0 Å². The van der Waals surface area contributed by atoms with Gasteiger partial charge in [0.1, 0.15) is 5.41 Å². The molecule has 0 aromatic heterocycles. The molecule has 1 aliphatic rings. The van der Waals surface area contributed by atoms with Crippen molar-refractivity contribution in [3.05, 3.63) is 65.7 Å². The zero-order valence-electron chi connectivity index (χ0n) is 16.3. The van der Waals surface area contributed by atoms with Crippen molar-refractivity contribution in [3.63, 3.8) is 0 Å². The van der Waals surface area contributed by atoms with Crippen molar-refractivity contribution >= 4 is 17.5 Å². The van der Waals surface area contributed by atoms with Crippen molar-refractivity contribution in [2.45, 2.75) is 45.4 Å². The van der Waals surface area contributed by atoms with E-state index in [0.717, 1.165) is 17.7 Å². The van der Waals surface area contributed by atoms with Gasteiger partial charge in [0, 0.05) is 12.2 Å². The Kier molecular flexibility index (Phi) is 5.36. The summed E-state index contributed by atoms with van der Waals surface area (Å²) >= 11 is 0. The standard InChI is InChI=1S/C23H28N2O2/c1-22(2,3)18-11-7-8-12-19(18)25-21(27)23(14-15-23)20(26)24-16-13-17-9-5-4-6-10-17/h4-12H,13-16H2,1-3H3,(H,24,26)(H,25,27). The highest BCUT2D eigenvalue weighted by Crippen LogP contribution is 2.47. The van der Waals surface area contributed by atoms with Gasteiger partial charge >= 0.3 is 0 Å². The largest absolute Gasteiger partial charge is 0.355 e. The third-order valence-corrected chi connectivity index (χ3v) is 5.14. The highest BCUT2D eigenvalue weighted by molar-refractivity contribution is 6.13. The molecule has 4 nitrogen and oxygen atoms in total. The number of rotatable bonds is 6. The molecule has 2 N–H and O–H groups in total. The second-order valence-corrected chi connectivity index (χ2v) is 8.32. The van der Waals surface area contributed by atoms with Gasteiger partial charge in [-0.3, -0.25) is 9.59 Å². The number of carbonyl (C=O) groups excluding carboxylic acids is 2. The molecule has 27 heavy (non-hydrogen) atoms. The first-order chi connectivity index (χ1) is 12.8. The van der Waals surface area contributed by atoms with E-state index in [4.69, 9.17) is 0 Å². The number of benzene rings is 2. The normalized spacial score (nSPS) is 15.1. The van der Waals surface area contributed by atoms with Crippen LogP contribution in [0.4, 0.5) is 5.69 Å². The zero-order chi connectivity index (χ0) is 19.5. The van der Waals surface area contributed by atoms with E-state index in [1.165, 1.54) is 5.56 Å². The predicted molar refractivity (Wildman–Crippen MR) is 109 cm³/mol. The van der Waals surface area contributed by atoms with E-state index in [0.29, 0.717) is 19.4 Å². The first-order valence-corrected chi connectivity index (χ1v) is 9.56. The molecule has 0 saturated heterocycles. The second-order valence-electron chi connectivity index (χ2n) is 8.32. The third kappa shape index (κ3) is 4.38. The van der Waals surface area contributed by atoms with Crippen LogP contribution in [0.25, 0.3) is 0 Å². The molecule has 0 radical (unpaired) electrons. The topological polar surface area (TPSA) is 58.2 Å². The van der Waals surface area contributed by atoms with Crippen LogP contribution >= 0.6 is 0 Å². The van der Waals surface area contributed by atoms with Crippen LogP contribution < -0.4 is 10.6 Å². The molecule has 0 aliphatic heterocycles.